The Bertz CT molecular complexity index is 206. The summed E-state index contributed by atoms with van der Waals surface area (Å²) in [5.74, 6) is 0.0712. The van der Waals surface area contributed by atoms with Gasteiger partial charge in [0.05, 0.1) is 12.1 Å². The van der Waals surface area contributed by atoms with Crippen LogP contribution in [-0.4, -0.2) is 45.8 Å². The van der Waals surface area contributed by atoms with Crippen LogP contribution in [0.15, 0.2) is 0 Å². The highest BCUT2D eigenvalue weighted by molar-refractivity contribution is 5.77. The molecule has 0 saturated carbocycles. The molecule has 2 aliphatic heterocycles. The Morgan fingerprint density at radius 3 is 2.83 bits per heavy atom. The number of hydrogen-bond acceptors (Lipinski definition) is 3. The Hall–Kier alpha value is -0.610. The van der Waals surface area contributed by atoms with Crippen molar-refractivity contribution in [3.63, 3.8) is 0 Å². The van der Waals surface area contributed by atoms with E-state index < -0.39 is 12.2 Å². The van der Waals surface area contributed by atoms with Crippen LogP contribution in [0.5, 0.6) is 0 Å². The molecule has 2 aliphatic rings. The molecule has 12 heavy (non-hydrogen) atoms. The third kappa shape index (κ3) is 1.03. The molecule has 4 nitrogen and oxygen atoms in total. The molecule has 2 saturated heterocycles. The molecule has 0 bridgehead atoms. The molecular formula is C8H13NO3. The fourth-order valence-corrected chi connectivity index (χ4v) is 2.11. The molecule has 0 spiro atoms. The van der Waals surface area contributed by atoms with Gasteiger partial charge in [-0.15, -0.1) is 0 Å². The van der Waals surface area contributed by atoms with Crippen molar-refractivity contribution in [1.29, 1.82) is 0 Å². The van der Waals surface area contributed by atoms with E-state index in [0.717, 1.165) is 12.8 Å². The maximum atomic E-state index is 11.3. The quantitative estimate of drug-likeness (QED) is 0.496. The van der Waals surface area contributed by atoms with Crippen molar-refractivity contribution in [3.8, 4) is 0 Å². The number of carbonyl (C=O) groups is 1. The van der Waals surface area contributed by atoms with Crippen molar-refractivity contribution in [2.24, 2.45) is 0 Å². The number of fused-ring (bicyclic) bond motifs is 1. The lowest BCUT2D eigenvalue weighted by Gasteiger charge is -2.30. The molecule has 0 radical (unpaired) electrons. The second kappa shape index (κ2) is 2.71. The Kier molecular flexibility index (Phi) is 1.81. The number of rotatable bonds is 0. The maximum Gasteiger partial charge on any atom is 0.222 e. The molecule has 0 aromatic carbocycles. The molecular weight excluding hydrogens is 158 g/mol. The Labute approximate surface area is 70.8 Å². The van der Waals surface area contributed by atoms with Crippen LogP contribution in [0.1, 0.15) is 19.3 Å². The van der Waals surface area contributed by atoms with Gasteiger partial charge in [0, 0.05) is 13.0 Å². The molecule has 0 unspecified atom stereocenters. The van der Waals surface area contributed by atoms with Crippen molar-refractivity contribution < 1.29 is 15.0 Å². The van der Waals surface area contributed by atoms with Gasteiger partial charge in [-0.05, 0) is 12.8 Å². The molecule has 2 rings (SSSR count). The zero-order chi connectivity index (χ0) is 8.72. The lowest BCUT2D eigenvalue weighted by Crippen LogP contribution is -2.42. The molecule has 0 aromatic heterocycles. The van der Waals surface area contributed by atoms with Crippen LogP contribution in [0, 0.1) is 0 Å². The molecule has 2 heterocycles. The molecule has 68 valence electrons. The number of hydrogen-bond donors (Lipinski definition) is 2. The largest absolute Gasteiger partial charge is 0.388 e. The van der Waals surface area contributed by atoms with Gasteiger partial charge < -0.3 is 15.1 Å². The fraction of sp³-hybridized carbons (Fsp3) is 0.875. The number of piperidine rings is 1. The van der Waals surface area contributed by atoms with Gasteiger partial charge in [-0.25, -0.2) is 0 Å². The van der Waals surface area contributed by atoms with Gasteiger partial charge in [0.2, 0.25) is 5.91 Å². The lowest BCUT2D eigenvalue weighted by atomic mass is 10.00. The first kappa shape index (κ1) is 8.01. The highest BCUT2D eigenvalue weighted by Crippen LogP contribution is 2.27. The Morgan fingerprint density at radius 2 is 2.17 bits per heavy atom. The van der Waals surface area contributed by atoms with Gasteiger partial charge in [0.25, 0.3) is 0 Å². The van der Waals surface area contributed by atoms with E-state index in [1.165, 1.54) is 0 Å². The zero-order valence-corrected chi connectivity index (χ0v) is 6.81. The van der Waals surface area contributed by atoms with E-state index in [-0.39, 0.29) is 11.9 Å². The molecule has 1 amide bonds. The topological polar surface area (TPSA) is 60.8 Å². The summed E-state index contributed by atoms with van der Waals surface area (Å²) in [6, 6.07) is -0.124. The predicted molar refractivity (Wildman–Crippen MR) is 41.4 cm³/mol. The zero-order valence-electron chi connectivity index (χ0n) is 6.81. The van der Waals surface area contributed by atoms with E-state index in [0.29, 0.717) is 13.0 Å². The Balaban J connectivity index is 2.16. The predicted octanol–water partition coefficient (Wildman–Crippen LogP) is -0.897. The van der Waals surface area contributed by atoms with E-state index in [1.54, 1.807) is 4.90 Å². The highest BCUT2D eigenvalue weighted by atomic mass is 16.3. The van der Waals surface area contributed by atoms with Gasteiger partial charge in [0.1, 0.15) is 6.10 Å². The maximum absolute atomic E-state index is 11.3. The normalized spacial score (nSPS) is 41.7. The summed E-state index contributed by atoms with van der Waals surface area (Å²) < 4.78 is 0. The first-order chi connectivity index (χ1) is 5.70. The van der Waals surface area contributed by atoms with Crippen LogP contribution in [0.4, 0.5) is 0 Å². The van der Waals surface area contributed by atoms with Crippen LogP contribution in [0.25, 0.3) is 0 Å². The number of carbonyl (C=O) groups excluding carboxylic acids is 1. The van der Waals surface area contributed by atoms with E-state index in [1.807, 2.05) is 0 Å². The van der Waals surface area contributed by atoms with Crippen molar-refractivity contribution in [3.05, 3.63) is 0 Å². The summed E-state index contributed by atoms with van der Waals surface area (Å²) in [5, 5.41) is 18.8. The minimum atomic E-state index is -0.739. The monoisotopic (exact) mass is 171 g/mol. The second-order valence-corrected chi connectivity index (χ2v) is 3.56. The van der Waals surface area contributed by atoms with Crippen LogP contribution in [0.3, 0.4) is 0 Å². The molecule has 2 fully saturated rings. The standard InChI is InChI=1S/C8H13NO3/c10-6-4-9-5(8(6)12)2-1-3-7(9)11/h5-6,8,10,12H,1-4H2/t5-,6-,8-/m0/s1. The smallest absolute Gasteiger partial charge is 0.222 e. The summed E-state index contributed by atoms with van der Waals surface area (Å²) in [6.45, 7) is 0.310. The number of amides is 1. The van der Waals surface area contributed by atoms with E-state index in [2.05, 4.69) is 0 Å². The number of aliphatic hydroxyl groups excluding tert-OH is 2. The Morgan fingerprint density at radius 1 is 1.42 bits per heavy atom. The SMILES string of the molecule is O=C1CCC[C@H]2[C@H](O)[C@@H](O)CN12. The first-order valence-corrected chi connectivity index (χ1v) is 4.36. The van der Waals surface area contributed by atoms with Crippen LogP contribution >= 0.6 is 0 Å². The third-order valence-corrected chi connectivity index (χ3v) is 2.78. The van der Waals surface area contributed by atoms with Gasteiger partial charge in [-0.3, -0.25) is 4.79 Å². The molecule has 2 N–H and O–H groups in total. The molecule has 0 aromatic rings. The van der Waals surface area contributed by atoms with Crippen molar-refractivity contribution in [2.75, 3.05) is 6.54 Å². The minimum Gasteiger partial charge on any atom is -0.388 e. The fourth-order valence-electron chi connectivity index (χ4n) is 2.11. The van der Waals surface area contributed by atoms with Crippen LogP contribution < -0.4 is 0 Å². The van der Waals surface area contributed by atoms with Crippen molar-refractivity contribution in [2.45, 2.75) is 37.5 Å². The summed E-state index contributed by atoms with van der Waals surface area (Å²) in [6.07, 6.45) is 0.759. The first-order valence-electron chi connectivity index (χ1n) is 4.36. The summed E-state index contributed by atoms with van der Waals surface area (Å²) >= 11 is 0. The number of aliphatic hydroxyl groups is 2. The summed E-state index contributed by atoms with van der Waals surface area (Å²) in [7, 11) is 0. The third-order valence-electron chi connectivity index (χ3n) is 2.78. The van der Waals surface area contributed by atoms with Gasteiger partial charge >= 0.3 is 0 Å². The number of nitrogens with zero attached hydrogens (tertiary/aromatic N) is 1. The molecule has 0 aliphatic carbocycles. The van der Waals surface area contributed by atoms with Gasteiger partial charge in [-0.1, -0.05) is 0 Å². The average molecular weight is 171 g/mol. The van der Waals surface area contributed by atoms with E-state index in [9.17, 15) is 15.0 Å². The average Bonchev–Trinajstić information content (AvgIpc) is 2.32. The van der Waals surface area contributed by atoms with Gasteiger partial charge in [0.15, 0.2) is 0 Å². The van der Waals surface area contributed by atoms with Crippen LogP contribution in [-0.2, 0) is 4.79 Å². The van der Waals surface area contributed by atoms with E-state index >= 15 is 0 Å². The minimum absolute atomic E-state index is 0.0712. The van der Waals surface area contributed by atoms with Crippen molar-refractivity contribution in [1.82, 2.24) is 4.90 Å². The molecule has 4 heteroatoms. The van der Waals surface area contributed by atoms with Gasteiger partial charge in [-0.2, -0.15) is 0 Å². The highest BCUT2D eigenvalue weighted by Gasteiger charge is 2.43. The summed E-state index contributed by atoms with van der Waals surface area (Å²) in [5.41, 5.74) is 0. The lowest BCUT2D eigenvalue weighted by molar-refractivity contribution is -0.135. The van der Waals surface area contributed by atoms with Crippen LogP contribution in [0.2, 0.25) is 0 Å². The molecule has 3 atom stereocenters. The summed E-state index contributed by atoms with van der Waals surface area (Å²) in [4.78, 5) is 12.9. The van der Waals surface area contributed by atoms with Crippen molar-refractivity contribution >= 4 is 5.91 Å². The van der Waals surface area contributed by atoms with E-state index in [4.69, 9.17) is 0 Å². The second-order valence-electron chi connectivity index (χ2n) is 3.56.